The normalized spacial score (nSPS) is 10.9. The molecule has 4 aromatic rings. The summed E-state index contributed by atoms with van der Waals surface area (Å²) < 4.78 is 5.59. The molecule has 1 heterocycles. The topological polar surface area (TPSA) is 56.3 Å². The van der Waals surface area contributed by atoms with Crippen LogP contribution in [0.25, 0.3) is 0 Å². The summed E-state index contributed by atoms with van der Waals surface area (Å²) >= 11 is 0. The van der Waals surface area contributed by atoms with Crippen molar-refractivity contribution in [3.05, 3.63) is 119 Å². The minimum Gasteiger partial charge on any atom is -0.402 e. The molecule has 0 saturated carbocycles. The van der Waals surface area contributed by atoms with E-state index in [1.165, 1.54) is 22.0 Å². The first-order valence-electron chi connectivity index (χ1n) is 8.98. The lowest BCUT2D eigenvalue weighted by molar-refractivity contribution is -0.402. The first-order valence-corrected chi connectivity index (χ1v) is 11.0. The second kappa shape index (κ2) is 9.17. The number of rotatable bonds is 6. The highest BCUT2D eigenvalue weighted by Gasteiger charge is 2.46. The van der Waals surface area contributed by atoms with Gasteiger partial charge in [0.15, 0.2) is 0 Å². The van der Waals surface area contributed by atoms with Gasteiger partial charge < -0.3 is 4.42 Å². The van der Waals surface area contributed by atoms with Crippen LogP contribution < -0.4 is 15.9 Å². The average molecular weight is 469 g/mol. The van der Waals surface area contributed by atoms with Gasteiger partial charge in [0.1, 0.15) is 40.0 Å². The molecule has 29 heavy (non-hydrogen) atoms. The fraction of sp³-hybridized carbons (Fsp3) is 0.0435. The zero-order chi connectivity index (χ0) is 19.4. The molecule has 4 rings (SSSR count). The van der Waals surface area contributed by atoms with E-state index in [1.807, 2.05) is 54.6 Å². The number of furan rings is 1. The van der Waals surface area contributed by atoms with Gasteiger partial charge in [-0.1, -0.05) is 54.6 Å². The number of nitrogens with zero attached hydrogens (tertiary/aromatic N) is 1. The van der Waals surface area contributed by atoms with Gasteiger partial charge in [-0.25, -0.2) is 0 Å². The smallest absolute Gasteiger partial charge is 0.402 e. The molecule has 146 valence electrons. The van der Waals surface area contributed by atoms with Crippen molar-refractivity contribution in [1.82, 2.24) is 0 Å². The third-order valence-electron chi connectivity index (χ3n) is 4.81. The van der Waals surface area contributed by atoms with Crippen LogP contribution in [0.1, 0.15) is 5.76 Å². The second-order valence-corrected chi connectivity index (χ2v) is 9.96. The van der Waals surface area contributed by atoms with Crippen LogP contribution >= 0.6 is 24.2 Å². The summed E-state index contributed by atoms with van der Waals surface area (Å²) in [4.78, 5) is 10.6. The molecule has 0 aliphatic carbocycles. The van der Waals surface area contributed by atoms with E-state index in [0.717, 1.165) is 0 Å². The first kappa shape index (κ1) is 21.0. The molecule has 0 unspecified atom stereocenters. The van der Waals surface area contributed by atoms with E-state index in [1.54, 1.807) is 6.07 Å². The molecule has 3 aromatic carbocycles. The molecular formula is C23H20BrNO3P+. The lowest BCUT2D eigenvalue weighted by Crippen LogP contribution is -2.32. The highest BCUT2D eigenvalue weighted by Crippen LogP contribution is 2.58. The van der Waals surface area contributed by atoms with Crippen LogP contribution in [0.5, 0.6) is 0 Å². The molecule has 0 fully saturated rings. The van der Waals surface area contributed by atoms with Crippen LogP contribution in [0.2, 0.25) is 0 Å². The molecule has 0 spiro atoms. The van der Waals surface area contributed by atoms with E-state index >= 15 is 0 Å². The summed E-state index contributed by atoms with van der Waals surface area (Å²) in [5.41, 5.74) is 0. The van der Waals surface area contributed by atoms with E-state index in [0.29, 0.717) is 11.9 Å². The maximum absolute atomic E-state index is 11.1. The Morgan fingerprint density at radius 3 is 1.45 bits per heavy atom. The zero-order valence-electron chi connectivity index (χ0n) is 15.5. The van der Waals surface area contributed by atoms with Crippen molar-refractivity contribution in [2.24, 2.45) is 0 Å². The predicted molar refractivity (Wildman–Crippen MR) is 125 cm³/mol. The van der Waals surface area contributed by atoms with Crippen LogP contribution in [0.15, 0.2) is 108 Å². The van der Waals surface area contributed by atoms with Crippen molar-refractivity contribution >= 4 is 46.0 Å². The minimum absolute atomic E-state index is 0. The Morgan fingerprint density at radius 2 is 1.10 bits per heavy atom. The maximum atomic E-state index is 11.1. The quantitative estimate of drug-likeness (QED) is 0.220. The molecule has 0 bridgehead atoms. The number of halogens is 1. The molecule has 1 aromatic heterocycles. The molecule has 0 saturated heterocycles. The number of hydrogen-bond acceptors (Lipinski definition) is 3. The van der Waals surface area contributed by atoms with E-state index < -0.39 is 12.2 Å². The first-order chi connectivity index (χ1) is 13.7. The molecule has 4 nitrogen and oxygen atoms in total. The maximum Gasteiger partial charge on any atom is 0.433 e. The highest BCUT2D eigenvalue weighted by atomic mass is 79.9. The van der Waals surface area contributed by atoms with Gasteiger partial charge in [0.2, 0.25) is 0 Å². The Balaban J connectivity index is 0.00000240. The molecule has 0 N–H and O–H groups in total. The summed E-state index contributed by atoms with van der Waals surface area (Å²) in [6.07, 6.45) is 0.582. The number of hydrogen-bond donors (Lipinski definition) is 0. The van der Waals surface area contributed by atoms with Gasteiger partial charge >= 0.3 is 5.88 Å². The lowest BCUT2D eigenvalue weighted by atomic mass is 10.4. The molecule has 0 atom stereocenters. The Bertz CT molecular complexity index is 972. The summed E-state index contributed by atoms with van der Waals surface area (Å²) in [5.74, 6) is 0.402. The van der Waals surface area contributed by atoms with Crippen molar-refractivity contribution in [2.45, 2.75) is 6.16 Å². The van der Waals surface area contributed by atoms with Gasteiger partial charge in [0.05, 0.1) is 6.07 Å². The van der Waals surface area contributed by atoms with Crippen LogP contribution in [0, 0.1) is 10.1 Å². The number of nitro groups is 1. The fourth-order valence-electron chi connectivity index (χ4n) is 3.55. The van der Waals surface area contributed by atoms with E-state index in [2.05, 4.69) is 36.4 Å². The molecule has 0 radical (unpaired) electrons. The van der Waals surface area contributed by atoms with Crippen LogP contribution in [-0.2, 0) is 6.16 Å². The third-order valence-corrected chi connectivity index (χ3v) is 9.14. The van der Waals surface area contributed by atoms with E-state index in [4.69, 9.17) is 4.42 Å². The molecule has 0 aliphatic heterocycles. The van der Waals surface area contributed by atoms with Crippen molar-refractivity contribution in [2.75, 3.05) is 0 Å². The number of benzene rings is 3. The largest absolute Gasteiger partial charge is 0.433 e. The van der Waals surface area contributed by atoms with Crippen molar-refractivity contribution in [1.29, 1.82) is 0 Å². The van der Waals surface area contributed by atoms with E-state index in [-0.39, 0.29) is 22.9 Å². The summed E-state index contributed by atoms with van der Waals surface area (Å²) in [6, 6.07) is 34.3. The molecule has 0 aliphatic rings. The van der Waals surface area contributed by atoms with Crippen LogP contribution in [-0.4, -0.2) is 4.92 Å². The summed E-state index contributed by atoms with van der Waals surface area (Å²) in [7, 11) is -2.11. The van der Waals surface area contributed by atoms with Gasteiger partial charge in [-0.3, -0.25) is 10.1 Å². The Labute approximate surface area is 180 Å². The summed E-state index contributed by atoms with van der Waals surface area (Å²) in [6.45, 7) is 0. The Hall–Kier alpha value is -2.75. The van der Waals surface area contributed by atoms with E-state index in [9.17, 15) is 10.1 Å². The van der Waals surface area contributed by atoms with Crippen LogP contribution in [0.4, 0.5) is 5.88 Å². The van der Waals surface area contributed by atoms with Gasteiger partial charge in [0, 0.05) is 0 Å². The van der Waals surface area contributed by atoms with Crippen LogP contribution in [0.3, 0.4) is 0 Å². The fourth-order valence-corrected chi connectivity index (χ4v) is 7.67. The van der Waals surface area contributed by atoms with Crippen molar-refractivity contribution in [3.8, 4) is 0 Å². The van der Waals surface area contributed by atoms with Crippen molar-refractivity contribution < 1.29 is 9.34 Å². The average Bonchev–Trinajstić information content (AvgIpc) is 3.23. The Morgan fingerprint density at radius 1 is 0.690 bits per heavy atom. The molecule has 6 heteroatoms. The lowest BCUT2D eigenvalue weighted by Gasteiger charge is -2.26. The highest BCUT2D eigenvalue weighted by molar-refractivity contribution is 8.93. The third kappa shape index (κ3) is 4.16. The predicted octanol–water partition coefficient (Wildman–Crippen LogP) is 5.26. The SMILES string of the molecule is Br.O=[N+]([O-])c1ccc(C[P+](c2ccccc2)(c2ccccc2)c2ccccc2)o1. The monoisotopic (exact) mass is 468 g/mol. The Kier molecular flexibility index (Phi) is 6.63. The minimum atomic E-state index is -2.11. The molecule has 0 amide bonds. The van der Waals surface area contributed by atoms with Gasteiger partial charge in [0.25, 0.3) is 0 Å². The van der Waals surface area contributed by atoms with Gasteiger partial charge in [-0.05, 0) is 42.5 Å². The van der Waals surface area contributed by atoms with Gasteiger partial charge in [-0.15, -0.1) is 17.0 Å². The summed E-state index contributed by atoms with van der Waals surface area (Å²) in [5, 5.41) is 14.8. The van der Waals surface area contributed by atoms with Crippen molar-refractivity contribution in [3.63, 3.8) is 0 Å². The zero-order valence-corrected chi connectivity index (χ0v) is 18.2. The molecular weight excluding hydrogens is 449 g/mol. The standard InChI is InChI=1S/C23H19NO3P.BrH/c25-24(26)23-17-16-19(27-23)18-28(20-10-4-1-5-11-20,21-12-6-2-7-13-21)22-14-8-3-9-15-22;/h1-17H,18H2;1H/q+1;. The second-order valence-electron chi connectivity index (χ2n) is 6.47. The van der Waals surface area contributed by atoms with Gasteiger partial charge in [-0.2, -0.15) is 0 Å².